The van der Waals surface area contributed by atoms with Gasteiger partial charge in [0.1, 0.15) is 5.52 Å². The molecule has 2 heterocycles. The van der Waals surface area contributed by atoms with Crippen molar-refractivity contribution in [2.75, 3.05) is 5.73 Å². The average molecular weight is 230 g/mol. The molecule has 1 saturated carbocycles. The molecule has 3 rings (SSSR count). The summed E-state index contributed by atoms with van der Waals surface area (Å²) in [5, 5.41) is 0. The summed E-state index contributed by atoms with van der Waals surface area (Å²) in [5.41, 5.74) is 8.86. The number of pyridine rings is 1. The Morgan fingerprint density at radius 2 is 2.06 bits per heavy atom. The van der Waals surface area contributed by atoms with E-state index in [1.807, 2.05) is 19.1 Å². The second kappa shape index (κ2) is 4.02. The molecule has 0 amide bonds. The summed E-state index contributed by atoms with van der Waals surface area (Å²) < 4.78 is 2.08. The fraction of sp³-hybridized carbons (Fsp3) is 0.538. The maximum atomic E-state index is 5.99. The highest BCUT2D eigenvalue weighted by Crippen LogP contribution is 2.28. The lowest BCUT2D eigenvalue weighted by molar-refractivity contribution is 0.466. The van der Waals surface area contributed by atoms with Gasteiger partial charge in [-0.25, -0.2) is 9.97 Å². The van der Waals surface area contributed by atoms with Gasteiger partial charge < -0.3 is 5.73 Å². The molecular formula is C13H18N4. The smallest absolute Gasteiger partial charge is 0.202 e. The third-order valence-electron chi connectivity index (χ3n) is 3.68. The van der Waals surface area contributed by atoms with Crippen LogP contribution >= 0.6 is 0 Å². The predicted octanol–water partition coefficient (Wildman–Crippen LogP) is 2.51. The third-order valence-corrected chi connectivity index (χ3v) is 3.68. The van der Waals surface area contributed by atoms with Gasteiger partial charge in [0, 0.05) is 12.2 Å². The Labute approximate surface area is 101 Å². The fourth-order valence-corrected chi connectivity index (χ4v) is 2.74. The van der Waals surface area contributed by atoms with Crippen molar-refractivity contribution in [3.8, 4) is 0 Å². The molecule has 17 heavy (non-hydrogen) atoms. The van der Waals surface area contributed by atoms with Crippen LogP contribution in [0.4, 0.5) is 5.95 Å². The lowest BCUT2D eigenvalue weighted by atomic mass is 10.1. The SMILES string of the molecule is Cc1ccc2nc(N)n(CC3CCCC3)c2n1. The van der Waals surface area contributed by atoms with Crippen molar-refractivity contribution in [1.82, 2.24) is 14.5 Å². The van der Waals surface area contributed by atoms with E-state index in [1.54, 1.807) is 0 Å². The molecule has 2 aromatic heterocycles. The fourth-order valence-electron chi connectivity index (χ4n) is 2.74. The number of anilines is 1. The number of aromatic nitrogens is 3. The molecule has 2 N–H and O–H groups in total. The number of imidazole rings is 1. The van der Waals surface area contributed by atoms with Crippen LogP contribution in [-0.2, 0) is 6.54 Å². The molecule has 1 aliphatic rings. The maximum absolute atomic E-state index is 5.99. The average Bonchev–Trinajstić information content (AvgIpc) is 2.90. The summed E-state index contributed by atoms with van der Waals surface area (Å²) in [5.74, 6) is 1.35. The minimum atomic E-state index is 0.602. The Balaban J connectivity index is 2.01. The van der Waals surface area contributed by atoms with Gasteiger partial charge in [-0.05, 0) is 37.8 Å². The first-order valence-electron chi connectivity index (χ1n) is 6.33. The summed E-state index contributed by atoms with van der Waals surface area (Å²) in [6, 6.07) is 3.98. The van der Waals surface area contributed by atoms with Crippen LogP contribution in [0.2, 0.25) is 0 Å². The van der Waals surface area contributed by atoms with E-state index in [0.29, 0.717) is 5.95 Å². The molecule has 90 valence electrons. The van der Waals surface area contributed by atoms with E-state index < -0.39 is 0 Å². The highest BCUT2D eigenvalue weighted by molar-refractivity contribution is 5.74. The number of hydrogen-bond donors (Lipinski definition) is 1. The zero-order chi connectivity index (χ0) is 11.8. The van der Waals surface area contributed by atoms with Crippen LogP contribution in [0.25, 0.3) is 11.2 Å². The molecule has 0 aliphatic heterocycles. The minimum Gasteiger partial charge on any atom is -0.369 e. The first kappa shape index (κ1) is 10.6. The van der Waals surface area contributed by atoms with Gasteiger partial charge in [0.25, 0.3) is 0 Å². The lowest BCUT2D eigenvalue weighted by Crippen LogP contribution is -2.10. The monoisotopic (exact) mass is 230 g/mol. The molecular weight excluding hydrogens is 212 g/mol. The Morgan fingerprint density at radius 1 is 1.29 bits per heavy atom. The molecule has 4 nitrogen and oxygen atoms in total. The van der Waals surface area contributed by atoms with Gasteiger partial charge in [0.15, 0.2) is 5.65 Å². The van der Waals surface area contributed by atoms with Crippen molar-refractivity contribution in [3.63, 3.8) is 0 Å². The van der Waals surface area contributed by atoms with E-state index in [1.165, 1.54) is 25.7 Å². The normalized spacial score (nSPS) is 17.0. The number of hydrogen-bond acceptors (Lipinski definition) is 3. The number of nitrogen functional groups attached to an aromatic ring is 1. The molecule has 1 fully saturated rings. The molecule has 1 aliphatic carbocycles. The topological polar surface area (TPSA) is 56.7 Å². The van der Waals surface area contributed by atoms with E-state index in [4.69, 9.17) is 5.73 Å². The van der Waals surface area contributed by atoms with Gasteiger partial charge in [-0.3, -0.25) is 4.57 Å². The Kier molecular flexibility index (Phi) is 2.50. The van der Waals surface area contributed by atoms with Crippen molar-refractivity contribution < 1.29 is 0 Å². The standard InChI is InChI=1S/C13H18N4/c1-9-6-7-11-12(15-9)17(13(14)16-11)8-10-4-2-3-5-10/h6-7,10H,2-5,8H2,1H3,(H2,14,16). The molecule has 0 atom stereocenters. The van der Waals surface area contributed by atoms with Crippen molar-refractivity contribution in [1.29, 1.82) is 0 Å². The van der Waals surface area contributed by atoms with Gasteiger partial charge in [-0.1, -0.05) is 12.8 Å². The van der Waals surface area contributed by atoms with Gasteiger partial charge in [0.05, 0.1) is 0 Å². The van der Waals surface area contributed by atoms with Crippen LogP contribution in [0.1, 0.15) is 31.4 Å². The molecule has 0 unspecified atom stereocenters. The summed E-state index contributed by atoms with van der Waals surface area (Å²) >= 11 is 0. The highest BCUT2D eigenvalue weighted by Gasteiger charge is 2.18. The van der Waals surface area contributed by atoms with Crippen molar-refractivity contribution in [2.24, 2.45) is 5.92 Å². The van der Waals surface area contributed by atoms with E-state index in [9.17, 15) is 0 Å². The van der Waals surface area contributed by atoms with Crippen molar-refractivity contribution in [3.05, 3.63) is 17.8 Å². The van der Waals surface area contributed by atoms with Crippen molar-refractivity contribution in [2.45, 2.75) is 39.2 Å². The Hall–Kier alpha value is -1.58. The van der Waals surface area contributed by atoms with Gasteiger partial charge >= 0.3 is 0 Å². The van der Waals surface area contributed by atoms with E-state index in [0.717, 1.165) is 29.3 Å². The quantitative estimate of drug-likeness (QED) is 0.862. The van der Waals surface area contributed by atoms with Crippen LogP contribution in [0.15, 0.2) is 12.1 Å². The summed E-state index contributed by atoms with van der Waals surface area (Å²) in [6.07, 6.45) is 5.32. The van der Waals surface area contributed by atoms with Gasteiger partial charge in [-0.2, -0.15) is 0 Å². The molecule has 4 heteroatoms. The molecule has 0 aromatic carbocycles. The number of nitrogens with zero attached hydrogens (tertiary/aromatic N) is 3. The molecule has 2 aromatic rings. The molecule has 0 saturated heterocycles. The first-order chi connectivity index (χ1) is 8.24. The second-order valence-corrected chi connectivity index (χ2v) is 5.03. The van der Waals surface area contributed by atoms with Crippen LogP contribution in [-0.4, -0.2) is 14.5 Å². The van der Waals surface area contributed by atoms with E-state index >= 15 is 0 Å². The third kappa shape index (κ3) is 1.88. The van der Waals surface area contributed by atoms with Crippen molar-refractivity contribution >= 4 is 17.1 Å². The van der Waals surface area contributed by atoms with Crippen LogP contribution in [0.3, 0.4) is 0 Å². The number of aryl methyl sites for hydroxylation is 1. The predicted molar refractivity (Wildman–Crippen MR) is 68.6 cm³/mol. The molecule has 0 spiro atoms. The van der Waals surface area contributed by atoms with Crippen LogP contribution in [0.5, 0.6) is 0 Å². The largest absolute Gasteiger partial charge is 0.369 e. The van der Waals surface area contributed by atoms with E-state index in [-0.39, 0.29) is 0 Å². The molecule has 0 bridgehead atoms. The summed E-state index contributed by atoms with van der Waals surface area (Å²) in [6.45, 7) is 2.97. The maximum Gasteiger partial charge on any atom is 0.202 e. The van der Waals surface area contributed by atoms with Crippen LogP contribution in [0, 0.1) is 12.8 Å². The summed E-state index contributed by atoms with van der Waals surface area (Å²) in [4.78, 5) is 8.93. The summed E-state index contributed by atoms with van der Waals surface area (Å²) in [7, 11) is 0. The zero-order valence-electron chi connectivity index (χ0n) is 10.2. The number of rotatable bonds is 2. The highest BCUT2D eigenvalue weighted by atomic mass is 15.2. The lowest BCUT2D eigenvalue weighted by Gasteiger charge is -2.11. The Bertz CT molecular complexity index is 538. The Morgan fingerprint density at radius 3 is 2.82 bits per heavy atom. The number of nitrogens with two attached hydrogens (primary N) is 1. The zero-order valence-corrected chi connectivity index (χ0v) is 10.2. The first-order valence-corrected chi connectivity index (χ1v) is 6.33. The van der Waals surface area contributed by atoms with Gasteiger partial charge in [-0.15, -0.1) is 0 Å². The minimum absolute atomic E-state index is 0.602. The molecule has 0 radical (unpaired) electrons. The second-order valence-electron chi connectivity index (χ2n) is 5.03. The number of fused-ring (bicyclic) bond motifs is 1. The van der Waals surface area contributed by atoms with E-state index in [2.05, 4.69) is 14.5 Å². The van der Waals surface area contributed by atoms with Crippen LogP contribution < -0.4 is 5.73 Å². The van der Waals surface area contributed by atoms with Gasteiger partial charge in [0.2, 0.25) is 5.95 Å².